The average Bonchev–Trinajstić information content (AvgIpc) is 2.75. The molecule has 27 heavy (non-hydrogen) atoms. The fraction of sp³-hybridized carbons (Fsp3) is 0.591. The molecule has 0 saturated carbocycles. The number of hydrogen-bond donors (Lipinski definition) is 1. The third-order valence-electron chi connectivity index (χ3n) is 6.64. The summed E-state index contributed by atoms with van der Waals surface area (Å²) in [6.45, 7) is 7.55. The minimum atomic E-state index is 0.491. The van der Waals surface area contributed by atoms with Crippen molar-refractivity contribution in [1.82, 2.24) is 19.9 Å². The quantitative estimate of drug-likeness (QED) is 0.847. The van der Waals surface area contributed by atoms with Crippen molar-refractivity contribution >= 4 is 0 Å². The fourth-order valence-electron chi connectivity index (χ4n) is 4.94. The van der Waals surface area contributed by atoms with E-state index in [9.17, 15) is 0 Å². The monoisotopic (exact) mass is 365 g/mol. The third kappa shape index (κ3) is 3.63. The number of nitrogens with two attached hydrogens (primary N) is 1. The predicted molar refractivity (Wildman–Crippen MR) is 108 cm³/mol. The SMILES string of the molecule is CCC(CC)c1cc([C@@H]2CN3CC[C@H]2C[C@@H]3CN)nc(-c2ccncc2)n1. The molecule has 5 nitrogen and oxygen atoms in total. The molecule has 0 aromatic carbocycles. The summed E-state index contributed by atoms with van der Waals surface area (Å²) in [5.74, 6) is 2.53. The van der Waals surface area contributed by atoms with Gasteiger partial charge in [0.05, 0.1) is 0 Å². The summed E-state index contributed by atoms with van der Waals surface area (Å²) in [6, 6.07) is 6.87. The Balaban J connectivity index is 1.73. The molecular formula is C22H31N5. The molecule has 2 aromatic rings. The van der Waals surface area contributed by atoms with Crippen LogP contribution in [0.2, 0.25) is 0 Å². The van der Waals surface area contributed by atoms with Gasteiger partial charge in [0, 0.05) is 60.3 Å². The maximum Gasteiger partial charge on any atom is 0.159 e. The van der Waals surface area contributed by atoms with E-state index in [2.05, 4.69) is 29.8 Å². The number of piperidine rings is 3. The van der Waals surface area contributed by atoms with Crippen molar-refractivity contribution in [2.24, 2.45) is 11.7 Å². The molecule has 2 N–H and O–H groups in total. The van der Waals surface area contributed by atoms with Gasteiger partial charge in [0.1, 0.15) is 0 Å². The van der Waals surface area contributed by atoms with Crippen molar-refractivity contribution in [2.45, 2.75) is 57.4 Å². The zero-order chi connectivity index (χ0) is 18.8. The molecule has 3 aliphatic heterocycles. The highest BCUT2D eigenvalue weighted by molar-refractivity contribution is 5.54. The van der Waals surface area contributed by atoms with E-state index in [1.165, 1.54) is 30.8 Å². The van der Waals surface area contributed by atoms with E-state index < -0.39 is 0 Å². The van der Waals surface area contributed by atoms with Gasteiger partial charge >= 0.3 is 0 Å². The summed E-state index contributed by atoms with van der Waals surface area (Å²) < 4.78 is 0. The van der Waals surface area contributed by atoms with Crippen LogP contribution in [0.3, 0.4) is 0 Å². The molecule has 0 aliphatic carbocycles. The highest BCUT2D eigenvalue weighted by Crippen LogP contribution is 2.42. The zero-order valence-corrected chi connectivity index (χ0v) is 16.5. The van der Waals surface area contributed by atoms with Gasteiger partial charge in [0.15, 0.2) is 5.82 Å². The summed E-state index contributed by atoms with van der Waals surface area (Å²) in [6.07, 6.45) is 8.33. The van der Waals surface area contributed by atoms with Gasteiger partial charge in [-0.3, -0.25) is 9.88 Å². The molecule has 4 atom stereocenters. The van der Waals surface area contributed by atoms with Gasteiger partial charge in [-0.05, 0) is 56.3 Å². The minimum absolute atomic E-state index is 0.491. The number of hydrogen-bond acceptors (Lipinski definition) is 5. The maximum absolute atomic E-state index is 6.00. The minimum Gasteiger partial charge on any atom is -0.329 e. The second kappa shape index (κ2) is 8.03. The van der Waals surface area contributed by atoms with E-state index in [4.69, 9.17) is 15.7 Å². The number of pyridine rings is 1. The second-order valence-electron chi connectivity index (χ2n) is 8.07. The predicted octanol–water partition coefficient (Wildman–Crippen LogP) is 3.58. The van der Waals surface area contributed by atoms with Crippen molar-refractivity contribution in [1.29, 1.82) is 0 Å². The number of fused-ring (bicyclic) bond motifs is 3. The van der Waals surface area contributed by atoms with Crippen LogP contribution in [0, 0.1) is 5.92 Å². The summed E-state index contributed by atoms with van der Waals surface area (Å²) in [5, 5.41) is 0. The molecule has 5 rings (SSSR count). The van der Waals surface area contributed by atoms with Crippen molar-refractivity contribution in [3.63, 3.8) is 0 Å². The van der Waals surface area contributed by atoms with Gasteiger partial charge in [-0.1, -0.05) is 13.8 Å². The normalized spacial score (nSPS) is 27.3. The van der Waals surface area contributed by atoms with Gasteiger partial charge in [0.2, 0.25) is 0 Å². The Labute approximate surface area is 162 Å². The molecule has 1 unspecified atom stereocenters. The molecule has 0 spiro atoms. The molecular weight excluding hydrogens is 334 g/mol. The molecule has 3 fully saturated rings. The Hall–Kier alpha value is -1.85. The van der Waals surface area contributed by atoms with Crippen LogP contribution in [0.25, 0.3) is 11.4 Å². The summed E-state index contributed by atoms with van der Waals surface area (Å²) in [7, 11) is 0. The number of aromatic nitrogens is 3. The van der Waals surface area contributed by atoms with Gasteiger partial charge in [-0.15, -0.1) is 0 Å². The Kier molecular flexibility index (Phi) is 5.50. The van der Waals surface area contributed by atoms with Crippen LogP contribution >= 0.6 is 0 Å². The lowest BCUT2D eigenvalue weighted by molar-refractivity contribution is 0.0333. The van der Waals surface area contributed by atoms with E-state index >= 15 is 0 Å². The van der Waals surface area contributed by atoms with Crippen molar-refractivity contribution < 1.29 is 0 Å². The molecule has 0 amide bonds. The largest absolute Gasteiger partial charge is 0.329 e. The van der Waals surface area contributed by atoms with E-state index in [-0.39, 0.29) is 0 Å². The molecule has 3 aliphatic rings. The Bertz CT molecular complexity index is 759. The van der Waals surface area contributed by atoms with E-state index in [0.717, 1.165) is 37.3 Å². The van der Waals surface area contributed by atoms with Gasteiger partial charge in [0.25, 0.3) is 0 Å². The number of nitrogens with zero attached hydrogens (tertiary/aromatic N) is 4. The molecule has 2 bridgehead atoms. The Morgan fingerprint density at radius 1 is 1.19 bits per heavy atom. The van der Waals surface area contributed by atoms with Crippen molar-refractivity contribution in [2.75, 3.05) is 19.6 Å². The van der Waals surface area contributed by atoms with Crippen LogP contribution in [0.5, 0.6) is 0 Å². The first-order valence-electron chi connectivity index (χ1n) is 10.5. The first kappa shape index (κ1) is 18.5. The standard InChI is InChI=1S/C22H31N5/c1-3-15(4-2)20-12-21(26-22(25-20)16-5-8-24-9-6-16)19-14-27-10-7-17(19)11-18(27)13-23/h5-6,8-9,12,15,17-19H,3-4,7,10-11,13-14,23H2,1-2H3/t17-,18+,19+/m0/s1. The van der Waals surface area contributed by atoms with Gasteiger partial charge in [-0.25, -0.2) is 9.97 Å². The fourth-order valence-corrected chi connectivity index (χ4v) is 4.94. The lowest BCUT2D eigenvalue weighted by atomic mass is 9.74. The van der Waals surface area contributed by atoms with Crippen LogP contribution in [-0.4, -0.2) is 45.5 Å². The summed E-state index contributed by atoms with van der Waals surface area (Å²) >= 11 is 0. The van der Waals surface area contributed by atoms with Gasteiger partial charge in [-0.2, -0.15) is 0 Å². The second-order valence-corrected chi connectivity index (χ2v) is 8.07. The van der Waals surface area contributed by atoms with E-state index in [0.29, 0.717) is 23.8 Å². The highest BCUT2D eigenvalue weighted by Gasteiger charge is 2.41. The lowest BCUT2D eigenvalue weighted by Crippen LogP contribution is -2.55. The maximum atomic E-state index is 6.00. The molecule has 144 valence electrons. The highest BCUT2D eigenvalue weighted by atomic mass is 15.2. The molecule has 3 saturated heterocycles. The van der Waals surface area contributed by atoms with Crippen LogP contribution < -0.4 is 5.73 Å². The summed E-state index contributed by atoms with van der Waals surface area (Å²) in [5.41, 5.74) is 9.48. The first-order valence-corrected chi connectivity index (χ1v) is 10.5. The van der Waals surface area contributed by atoms with Crippen LogP contribution in [0.4, 0.5) is 0 Å². The molecule has 5 heterocycles. The zero-order valence-electron chi connectivity index (χ0n) is 16.5. The van der Waals surface area contributed by atoms with Gasteiger partial charge < -0.3 is 5.73 Å². The molecule has 2 aromatic heterocycles. The van der Waals surface area contributed by atoms with Crippen LogP contribution in [0.15, 0.2) is 30.6 Å². The van der Waals surface area contributed by atoms with Crippen LogP contribution in [-0.2, 0) is 0 Å². The summed E-state index contributed by atoms with van der Waals surface area (Å²) in [4.78, 5) is 16.7. The van der Waals surface area contributed by atoms with E-state index in [1.54, 1.807) is 0 Å². The smallest absolute Gasteiger partial charge is 0.159 e. The third-order valence-corrected chi connectivity index (χ3v) is 6.64. The topological polar surface area (TPSA) is 67.9 Å². The first-order chi connectivity index (χ1) is 13.2. The van der Waals surface area contributed by atoms with Crippen molar-refractivity contribution in [3.8, 4) is 11.4 Å². The lowest BCUT2D eigenvalue weighted by Gasteiger charge is -2.49. The average molecular weight is 366 g/mol. The Morgan fingerprint density at radius 2 is 1.96 bits per heavy atom. The van der Waals surface area contributed by atoms with Crippen molar-refractivity contribution in [3.05, 3.63) is 42.0 Å². The molecule has 0 radical (unpaired) electrons. The molecule has 5 heteroatoms. The Morgan fingerprint density at radius 3 is 2.59 bits per heavy atom. The van der Waals surface area contributed by atoms with E-state index in [1.807, 2.05) is 24.5 Å². The van der Waals surface area contributed by atoms with Crippen LogP contribution in [0.1, 0.15) is 62.8 Å². The number of rotatable bonds is 6.